The summed E-state index contributed by atoms with van der Waals surface area (Å²) in [5.74, 6) is 0. The van der Waals surface area contributed by atoms with Gasteiger partial charge in [-0.3, -0.25) is 0 Å². The Morgan fingerprint density at radius 3 is 3.27 bits per heavy atom. The van der Waals surface area contributed by atoms with Crippen LogP contribution in [-0.2, 0) is 0 Å². The van der Waals surface area contributed by atoms with Crippen molar-refractivity contribution in [3.8, 4) is 6.07 Å². The van der Waals surface area contributed by atoms with Gasteiger partial charge in [-0.05, 0) is 12.1 Å². The second-order valence-corrected chi connectivity index (χ2v) is 2.13. The van der Waals surface area contributed by atoms with Gasteiger partial charge in [0.25, 0.3) is 0 Å². The highest BCUT2D eigenvalue weighted by Gasteiger charge is 1.94. The maximum atomic E-state index is 8.53. The third kappa shape index (κ3) is 0.829. The Bertz CT molecular complexity index is 423. The molecule has 0 aliphatic rings. The van der Waals surface area contributed by atoms with Crippen molar-refractivity contribution in [1.29, 1.82) is 5.26 Å². The molecule has 0 fully saturated rings. The first-order valence-electron chi connectivity index (χ1n) is 3.10. The lowest BCUT2D eigenvalue weighted by molar-refractivity contribution is 0.855. The van der Waals surface area contributed by atoms with Crippen molar-refractivity contribution >= 4 is 5.52 Å². The first-order valence-corrected chi connectivity index (χ1v) is 3.10. The second-order valence-electron chi connectivity index (χ2n) is 2.13. The van der Waals surface area contributed by atoms with Crippen molar-refractivity contribution in [2.75, 3.05) is 0 Å². The van der Waals surface area contributed by atoms with Gasteiger partial charge in [0.2, 0.25) is 0 Å². The van der Waals surface area contributed by atoms with E-state index in [-0.39, 0.29) is 0 Å². The molecule has 0 bridgehead atoms. The highest BCUT2D eigenvalue weighted by Crippen LogP contribution is 2.02. The summed E-state index contributed by atoms with van der Waals surface area (Å²) in [4.78, 5) is 0. The fourth-order valence-corrected chi connectivity index (χ4v) is 0.899. The summed E-state index contributed by atoms with van der Waals surface area (Å²) < 4.78 is 1.61. The van der Waals surface area contributed by atoms with Crippen LogP contribution < -0.4 is 0 Å². The number of hydrogen-bond acceptors (Lipinski definition) is 3. The molecule has 0 unspecified atom stereocenters. The minimum atomic E-state index is 0.625. The van der Waals surface area contributed by atoms with Gasteiger partial charge in [0, 0.05) is 6.20 Å². The van der Waals surface area contributed by atoms with Crippen molar-refractivity contribution < 1.29 is 0 Å². The molecule has 0 aliphatic heterocycles. The summed E-state index contributed by atoms with van der Waals surface area (Å²) in [5, 5.41) is 16.0. The van der Waals surface area contributed by atoms with E-state index in [4.69, 9.17) is 5.26 Å². The fraction of sp³-hybridized carbons (Fsp3) is 0. The van der Waals surface area contributed by atoms with E-state index in [0.29, 0.717) is 5.56 Å². The molecule has 11 heavy (non-hydrogen) atoms. The van der Waals surface area contributed by atoms with E-state index in [1.54, 1.807) is 29.0 Å². The molecule has 4 nitrogen and oxygen atoms in total. The zero-order valence-corrected chi connectivity index (χ0v) is 5.60. The Morgan fingerprint density at radius 1 is 1.55 bits per heavy atom. The highest BCUT2D eigenvalue weighted by atomic mass is 15.4. The van der Waals surface area contributed by atoms with E-state index in [9.17, 15) is 0 Å². The van der Waals surface area contributed by atoms with Gasteiger partial charge in [-0.1, -0.05) is 5.21 Å². The molecule has 0 saturated carbocycles. The van der Waals surface area contributed by atoms with Crippen LogP contribution in [0.3, 0.4) is 0 Å². The lowest BCUT2D eigenvalue weighted by Crippen LogP contribution is -1.86. The first kappa shape index (κ1) is 5.86. The normalized spacial score (nSPS) is 9.73. The van der Waals surface area contributed by atoms with Gasteiger partial charge in [-0.25, -0.2) is 4.52 Å². The number of fused-ring (bicyclic) bond motifs is 1. The molecular weight excluding hydrogens is 140 g/mol. The molecule has 2 aromatic heterocycles. The van der Waals surface area contributed by atoms with Gasteiger partial charge in [-0.15, -0.1) is 5.10 Å². The van der Waals surface area contributed by atoms with Crippen molar-refractivity contribution in [3.63, 3.8) is 0 Å². The standard InChI is InChI=1S/C7H4N4/c8-4-6-1-2-11-7(3-6)5-9-10-11/h1-3,5H. The fourth-order valence-electron chi connectivity index (χ4n) is 0.899. The molecule has 2 heterocycles. The van der Waals surface area contributed by atoms with Crippen LogP contribution in [0.1, 0.15) is 5.56 Å². The van der Waals surface area contributed by atoms with Crippen LogP contribution in [-0.4, -0.2) is 14.8 Å². The lowest BCUT2D eigenvalue weighted by Gasteiger charge is -1.89. The predicted molar refractivity (Wildman–Crippen MR) is 37.7 cm³/mol. The molecule has 0 saturated heterocycles. The maximum absolute atomic E-state index is 8.53. The Balaban J connectivity index is 2.79. The number of rotatable bonds is 0. The third-order valence-electron chi connectivity index (χ3n) is 1.43. The zero-order valence-electron chi connectivity index (χ0n) is 5.60. The van der Waals surface area contributed by atoms with Gasteiger partial charge in [0.15, 0.2) is 0 Å². The van der Waals surface area contributed by atoms with Gasteiger partial charge < -0.3 is 0 Å². The van der Waals surface area contributed by atoms with E-state index < -0.39 is 0 Å². The molecule has 0 aliphatic carbocycles. The first-order chi connectivity index (χ1) is 5.40. The number of nitriles is 1. The van der Waals surface area contributed by atoms with E-state index in [1.807, 2.05) is 6.07 Å². The lowest BCUT2D eigenvalue weighted by atomic mass is 10.3. The summed E-state index contributed by atoms with van der Waals surface area (Å²) in [6, 6.07) is 5.47. The molecule has 0 radical (unpaired) electrons. The summed E-state index contributed by atoms with van der Waals surface area (Å²) >= 11 is 0. The largest absolute Gasteiger partial charge is 0.221 e. The van der Waals surface area contributed by atoms with Gasteiger partial charge in [0.05, 0.1) is 23.3 Å². The molecule has 0 spiro atoms. The van der Waals surface area contributed by atoms with Gasteiger partial charge in [0.1, 0.15) is 0 Å². The summed E-state index contributed by atoms with van der Waals surface area (Å²) in [5.41, 5.74) is 1.46. The van der Waals surface area contributed by atoms with E-state index in [1.165, 1.54) is 0 Å². The predicted octanol–water partition coefficient (Wildman–Crippen LogP) is 0.601. The van der Waals surface area contributed by atoms with Crippen LogP contribution in [0.15, 0.2) is 24.5 Å². The van der Waals surface area contributed by atoms with Crippen LogP contribution in [0.25, 0.3) is 5.52 Å². The van der Waals surface area contributed by atoms with Gasteiger partial charge >= 0.3 is 0 Å². The monoisotopic (exact) mass is 144 g/mol. The average molecular weight is 144 g/mol. The van der Waals surface area contributed by atoms with Crippen molar-refractivity contribution in [2.24, 2.45) is 0 Å². The Morgan fingerprint density at radius 2 is 2.45 bits per heavy atom. The van der Waals surface area contributed by atoms with E-state index in [2.05, 4.69) is 10.3 Å². The van der Waals surface area contributed by atoms with E-state index >= 15 is 0 Å². The Labute approximate surface area is 62.7 Å². The van der Waals surface area contributed by atoms with Crippen LogP contribution in [0.4, 0.5) is 0 Å². The Hall–Kier alpha value is -1.89. The molecule has 0 N–H and O–H groups in total. The molecule has 2 aromatic rings. The van der Waals surface area contributed by atoms with Crippen LogP contribution in [0.5, 0.6) is 0 Å². The molecule has 52 valence electrons. The maximum Gasteiger partial charge on any atom is 0.0992 e. The average Bonchev–Trinajstić information content (AvgIpc) is 2.50. The van der Waals surface area contributed by atoms with Crippen LogP contribution in [0.2, 0.25) is 0 Å². The van der Waals surface area contributed by atoms with Crippen LogP contribution >= 0.6 is 0 Å². The van der Waals surface area contributed by atoms with Gasteiger partial charge in [-0.2, -0.15) is 5.26 Å². The molecule has 4 heteroatoms. The second kappa shape index (κ2) is 2.06. The number of nitrogens with zero attached hydrogens (tertiary/aromatic N) is 4. The quantitative estimate of drug-likeness (QED) is 0.544. The molecule has 2 rings (SSSR count). The number of hydrogen-bond donors (Lipinski definition) is 0. The van der Waals surface area contributed by atoms with Crippen molar-refractivity contribution in [1.82, 2.24) is 14.8 Å². The number of aromatic nitrogens is 3. The molecule has 0 atom stereocenters. The summed E-state index contributed by atoms with van der Waals surface area (Å²) in [6.45, 7) is 0. The zero-order chi connectivity index (χ0) is 7.68. The van der Waals surface area contributed by atoms with E-state index in [0.717, 1.165) is 5.52 Å². The minimum Gasteiger partial charge on any atom is -0.221 e. The SMILES string of the molecule is N#Cc1ccn2nncc2c1. The summed E-state index contributed by atoms with van der Waals surface area (Å²) in [6.07, 6.45) is 3.32. The Kier molecular flexibility index (Phi) is 1.10. The number of pyridine rings is 1. The summed E-state index contributed by atoms with van der Waals surface area (Å²) in [7, 11) is 0. The highest BCUT2D eigenvalue weighted by molar-refractivity contribution is 5.48. The van der Waals surface area contributed by atoms with Crippen molar-refractivity contribution in [2.45, 2.75) is 0 Å². The minimum absolute atomic E-state index is 0.625. The molecular formula is C7H4N4. The molecule has 0 aromatic carbocycles. The smallest absolute Gasteiger partial charge is 0.0992 e. The topological polar surface area (TPSA) is 54.0 Å². The third-order valence-corrected chi connectivity index (χ3v) is 1.43. The molecule has 0 amide bonds. The van der Waals surface area contributed by atoms with Crippen molar-refractivity contribution in [3.05, 3.63) is 30.1 Å². The van der Waals surface area contributed by atoms with Crippen LogP contribution in [0, 0.1) is 11.3 Å².